The predicted molar refractivity (Wildman–Crippen MR) is 125 cm³/mol. The maximum Gasteiger partial charge on any atom is 0.331 e. The molecule has 0 saturated carbocycles. The van der Waals surface area contributed by atoms with Gasteiger partial charge in [0.2, 0.25) is 5.91 Å². The van der Waals surface area contributed by atoms with Crippen molar-refractivity contribution in [2.45, 2.75) is 64.7 Å². The number of carbonyl (C=O) groups is 2. The van der Waals surface area contributed by atoms with Gasteiger partial charge in [-0.3, -0.25) is 4.79 Å². The Kier molecular flexibility index (Phi) is 14.6. The minimum Gasteiger partial charge on any atom is -0.478 e. The molecule has 1 rings (SSSR count). The molecule has 1 N–H and O–H groups in total. The number of nitrogens with zero attached hydrogens (tertiary/aromatic N) is 1. The molecule has 0 unspecified atom stereocenters. The quantitative estimate of drug-likeness (QED) is 0.275. The Bertz CT molecular complexity index is 680. The average molecular weight is 412 g/mol. The van der Waals surface area contributed by atoms with E-state index < -0.39 is 5.97 Å². The molecule has 0 atom stereocenters. The van der Waals surface area contributed by atoms with Gasteiger partial charge in [-0.15, -0.1) is 0 Å². The second kappa shape index (κ2) is 17.3. The van der Waals surface area contributed by atoms with Gasteiger partial charge in [-0.25, -0.2) is 4.79 Å². The van der Waals surface area contributed by atoms with E-state index in [0.29, 0.717) is 31.5 Å². The SMILES string of the molecule is CCC=CCC=CCC=CCC=CCC=CCCCC(=O)N1CC=C(C(=O)O)CC1. The number of allylic oxidation sites excluding steroid dienone is 10. The highest BCUT2D eigenvalue weighted by Gasteiger charge is 2.19. The van der Waals surface area contributed by atoms with Gasteiger partial charge in [-0.05, 0) is 51.4 Å². The molecule has 0 aliphatic carbocycles. The fourth-order valence-electron chi connectivity index (χ4n) is 2.99. The van der Waals surface area contributed by atoms with Crippen LogP contribution in [-0.4, -0.2) is 35.0 Å². The highest BCUT2D eigenvalue weighted by molar-refractivity contribution is 5.87. The van der Waals surface area contributed by atoms with Crippen molar-refractivity contribution < 1.29 is 14.7 Å². The van der Waals surface area contributed by atoms with Gasteiger partial charge in [0.15, 0.2) is 0 Å². The summed E-state index contributed by atoms with van der Waals surface area (Å²) in [6.45, 7) is 3.08. The molecule has 0 fully saturated rings. The summed E-state index contributed by atoms with van der Waals surface area (Å²) in [7, 11) is 0. The van der Waals surface area contributed by atoms with Gasteiger partial charge in [0, 0.05) is 25.1 Å². The first kappa shape index (κ1) is 25.4. The van der Waals surface area contributed by atoms with Gasteiger partial charge in [-0.2, -0.15) is 0 Å². The van der Waals surface area contributed by atoms with Crippen LogP contribution < -0.4 is 0 Å². The van der Waals surface area contributed by atoms with Crippen molar-refractivity contribution in [2.24, 2.45) is 0 Å². The van der Waals surface area contributed by atoms with E-state index in [1.807, 2.05) is 0 Å². The zero-order chi connectivity index (χ0) is 21.9. The zero-order valence-corrected chi connectivity index (χ0v) is 18.3. The summed E-state index contributed by atoms with van der Waals surface area (Å²) in [6.07, 6.45) is 31.1. The molecule has 0 bridgehead atoms. The number of carbonyl (C=O) groups excluding carboxylic acids is 1. The lowest BCUT2D eigenvalue weighted by Gasteiger charge is -2.25. The van der Waals surface area contributed by atoms with E-state index in [1.165, 1.54) is 0 Å². The Morgan fingerprint density at radius 1 is 0.900 bits per heavy atom. The standard InChI is InChI=1S/C26H37NO3/c1-2-3-4-5-6-7-8-9-10-11-12-13-14-15-16-17-18-19-25(28)27-22-20-24(21-23-27)26(29)30/h3-4,6-7,9-10,12-13,15-16,20H,2,5,8,11,14,17-19,21-23H2,1H3,(H,29,30). The number of aliphatic carboxylic acids is 1. The maximum atomic E-state index is 12.1. The van der Waals surface area contributed by atoms with Gasteiger partial charge < -0.3 is 10.0 Å². The molecular weight excluding hydrogens is 374 g/mol. The van der Waals surface area contributed by atoms with Crippen LogP contribution in [0.3, 0.4) is 0 Å². The first-order valence-electron chi connectivity index (χ1n) is 11.1. The van der Waals surface area contributed by atoms with Crippen LogP contribution in [0.1, 0.15) is 64.7 Å². The Morgan fingerprint density at radius 3 is 1.90 bits per heavy atom. The first-order valence-corrected chi connectivity index (χ1v) is 11.1. The Labute approximate surface area is 182 Å². The summed E-state index contributed by atoms with van der Waals surface area (Å²) in [6, 6.07) is 0. The normalized spacial score (nSPS) is 15.4. The van der Waals surface area contributed by atoms with Crippen LogP contribution in [0.4, 0.5) is 0 Å². The minimum absolute atomic E-state index is 0.114. The highest BCUT2D eigenvalue weighted by Crippen LogP contribution is 2.13. The second-order valence-corrected chi connectivity index (χ2v) is 7.22. The van der Waals surface area contributed by atoms with E-state index in [1.54, 1.807) is 11.0 Å². The number of unbranched alkanes of at least 4 members (excludes halogenated alkanes) is 1. The average Bonchev–Trinajstić information content (AvgIpc) is 2.75. The molecule has 164 valence electrons. The summed E-state index contributed by atoms with van der Waals surface area (Å²) in [4.78, 5) is 24.8. The van der Waals surface area contributed by atoms with Crippen LogP contribution in [0.15, 0.2) is 72.4 Å². The Hall–Kier alpha value is -2.62. The summed E-state index contributed by atoms with van der Waals surface area (Å²) < 4.78 is 0. The molecule has 0 radical (unpaired) electrons. The maximum absolute atomic E-state index is 12.1. The van der Waals surface area contributed by atoms with E-state index in [4.69, 9.17) is 5.11 Å². The molecule has 0 aromatic carbocycles. The third kappa shape index (κ3) is 12.8. The third-order valence-corrected chi connectivity index (χ3v) is 4.76. The summed E-state index contributed by atoms with van der Waals surface area (Å²) in [5.74, 6) is -0.761. The van der Waals surface area contributed by atoms with Crippen molar-refractivity contribution in [3.8, 4) is 0 Å². The number of amides is 1. The van der Waals surface area contributed by atoms with Gasteiger partial charge >= 0.3 is 5.97 Å². The van der Waals surface area contributed by atoms with Gasteiger partial charge in [0.05, 0.1) is 0 Å². The van der Waals surface area contributed by atoms with Crippen LogP contribution in [0, 0.1) is 0 Å². The lowest BCUT2D eigenvalue weighted by molar-refractivity contribution is -0.135. The number of rotatable bonds is 14. The van der Waals surface area contributed by atoms with E-state index in [2.05, 4.69) is 67.7 Å². The van der Waals surface area contributed by atoms with Crippen molar-refractivity contribution in [1.29, 1.82) is 0 Å². The number of carboxylic acid groups (broad SMARTS) is 1. The fraction of sp³-hybridized carbons (Fsp3) is 0.462. The van der Waals surface area contributed by atoms with Crippen molar-refractivity contribution >= 4 is 11.9 Å². The largest absolute Gasteiger partial charge is 0.478 e. The number of carboxylic acids is 1. The van der Waals surface area contributed by atoms with E-state index >= 15 is 0 Å². The summed E-state index contributed by atoms with van der Waals surface area (Å²) >= 11 is 0. The van der Waals surface area contributed by atoms with Crippen molar-refractivity contribution in [2.75, 3.05) is 13.1 Å². The molecule has 1 aliphatic rings. The van der Waals surface area contributed by atoms with E-state index in [9.17, 15) is 9.59 Å². The van der Waals surface area contributed by atoms with Crippen LogP contribution in [-0.2, 0) is 9.59 Å². The summed E-state index contributed by atoms with van der Waals surface area (Å²) in [5.41, 5.74) is 0.415. The smallest absolute Gasteiger partial charge is 0.331 e. The number of hydrogen-bond acceptors (Lipinski definition) is 2. The molecule has 4 nitrogen and oxygen atoms in total. The molecule has 0 aromatic rings. The van der Waals surface area contributed by atoms with Crippen molar-refractivity contribution in [3.63, 3.8) is 0 Å². The highest BCUT2D eigenvalue weighted by atomic mass is 16.4. The lowest BCUT2D eigenvalue weighted by Crippen LogP contribution is -2.35. The second-order valence-electron chi connectivity index (χ2n) is 7.22. The van der Waals surface area contributed by atoms with E-state index in [0.717, 1.165) is 44.9 Å². The van der Waals surface area contributed by atoms with Gasteiger partial charge in [0.1, 0.15) is 0 Å². The minimum atomic E-state index is -0.875. The van der Waals surface area contributed by atoms with Gasteiger partial charge in [-0.1, -0.05) is 73.8 Å². The molecule has 30 heavy (non-hydrogen) atoms. The van der Waals surface area contributed by atoms with Crippen LogP contribution in [0.2, 0.25) is 0 Å². The Morgan fingerprint density at radius 2 is 1.43 bits per heavy atom. The zero-order valence-electron chi connectivity index (χ0n) is 18.3. The predicted octanol–water partition coefficient (Wildman–Crippen LogP) is 6.15. The topological polar surface area (TPSA) is 57.6 Å². The molecular formula is C26H37NO3. The monoisotopic (exact) mass is 411 g/mol. The summed E-state index contributed by atoms with van der Waals surface area (Å²) in [5, 5.41) is 8.94. The lowest BCUT2D eigenvalue weighted by atomic mass is 10.1. The first-order chi connectivity index (χ1) is 14.6. The van der Waals surface area contributed by atoms with Crippen LogP contribution in [0.5, 0.6) is 0 Å². The molecule has 0 spiro atoms. The van der Waals surface area contributed by atoms with Gasteiger partial charge in [0.25, 0.3) is 0 Å². The Balaban J connectivity index is 2.02. The molecule has 0 aromatic heterocycles. The third-order valence-electron chi connectivity index (χ3n) is 4.76. The van der Waals surface area contributed by atoms with Crippen LogP contribution in [0.25, 0.3) is 0 Å². The van der Waals surface area contributed by atoms with Crippen molar-refractivity contribution in [3.05, 3.63) is 72.4 Å². The molecule has 4 heteroatoms. The van der Waals surface area contributed by atoms with E-state index in [-0.39, 0.29) is 5.91 Å². The fourth-order valence-corrected chi connectivity index (χ4v) is 2.99. The number of hydrogen-bond donors (Lipinski definition) is 1. The molecule has 1 amide bonds. The van der Waals surface area contributed by atoms with Crippen LogP contribution >= 0.6 is 0 Å². The molecule has 1 aliphatic heterocycles. The van der Waals surface area contributed by atoms with Crippen molar-refractivity contribution in [1.82, 2.24) is 4.90 Å². The molecule has 1 heterocycles. The molecule has 0 saturated heterocycles.